The Morgan fingerprint density at radius 3 is 2.40 bits per heavy atom. The third kappa shape index (κ3) is 4.95. The van der Waals surface area contributed by atoms with Crippen molar-refractivity contribution in [3.05, 3.63) is 82.2 Å². The first-order valence-electron chi connectivity index (χ1n) is 9.84. The summed E-state index contributed by atoms with van der Waals surface area (Å²) in [5, 5.41) is 11.7. The van der Waals surface area contributed by atoms with Crippen LogP contribution in [0.15, 0.2) is 70.7 Å². The Kier molecular flexibility index (Phi) is 6.25. The molecule has 8 heteroatoms. The molecule has 0 saturated carbocycles. The van der Waals surface area contributed by atoms with E-state index in [0.717, 1.165) is 42.6 Å². The number of hydrogen-bond acceptors (Lipinski definition) is 7. The Hall–Kier alpha value is -2.97. The third-order valence-corrected chi connectivity index (χ3v) is 6.16. The van der Waals surface area contributed by atoms with E-state index in [1.165, 1.54) is 17.3 Å². The predicted molar refractivity (Wildman–Crippen MR) is 118 cm³/mol. The molecule has 0 unspecified atom stereocenters. The summed E-state index contributed by atoms with van der Waals surface area (Å²) < 4.78 is 0. The molecule has 7 nitrogen and oxygen atoms in total. The first-order valence-corrected chi connectivity index (χ1v) is 10.7. The average molecular weight is 422 g/mol. The minimum Gasteiger partial charge on any atom is -0.338 e. The molecule has 154 valence electrons. The monoisotopic (exact) mass is 421 g/mol. The van der Waals surface area contributed by atoms with Gasteiger partial charge >= 0.3 is 0 Å². The van der Waals surface area contributed by atoms with E-state index >= 15 is 0 Å². The second kappa shape index (κ2) is 9.23. The van der Waals surface area contributed by atoms with Crippen LogP contribution in [0.3, 0.4) is 0 Å². The van der Waals surface area contributed by atoms with E-state index in [0.29, 0.717) is 11.4 Å². The summed E-state index contributed by atoms with van der Waals surface area (Å²) in [6.07, 6.45) is 3.51. The smallest absolute Gasteiger partial charge is 0.283 e. The topological polar surface area (TPSA) is 75.4 Å². The number of aryl methyl sites for hydroxylation is 1. The van der Waals surface area contributed by atoms with Crippen molar-refractivity contribution < 1.29 is 4.92 Å². The van der Waals surface area contributed by atoms with E-state index < -0.39 is 0 Å². The quantitative estimate of drug-likeness (QED) is 0.437. The fraction of sp³-hybridized carbons (Fsp3) is 0.273. The zero-order valence-electron chi connectivity index (χ0n) is 16.8. The van der Waals surface area contributed by atoms with Crippen LogP contribution in [0.2, 0.25) is 0 Å². The summed E-state index contributed by atoms with van der Waals surface area (Å²) in [5.74, 6) is 0.755. The van der Waals surface area contributed by atoms with Gasteiger partial charge in [-0.3, -0.25) is 15.0 Å². The fourth-order valence-corrected chi connectivity index (χ4v) is 4.34. The lowest BCUT2D eigenvalue weighted by molar-refractivity contribution is -0.387. The maximum absolute atomic E-state index is 11.7. The molecule has 30 heavy (non-hydrogen) atoms. The fourth-order valence-electron chi connectivity index (χ4n) is 3.44. The number of anilines is 1. The van der Waals surface area contributed by atoms with E-state index in [4.69, 9.17) is 0 Å². The van der Waals surface area contributed by atoms with Crippen molar-refractivity contribution in [1.82, 2.24) is 14.9 Å². The van der Waals surface area contributed by atoms with Crippen LogP contribution < -0.4 is 4.90 Å². The Morgan fingerprint density at radius 1 is 1.03 bits per heavy atom. The standard InChI is InChI=1S/C22H23N5O2S/c1-17-3-6-19(7-4-17)30-21-8-5-18(15-20(21)27(28)29)16-25-11-13-26(14-12-25)22-23-9-2-10-24-22/h2-10,15H,11-14,16H2,1H3. The van der Waals surface area contributed by atoms with Gasteiger partial charge in [-0.15, -0.1) is 0 Å². The van der Waals surface area contributed by atoms with E-state index in [1.807, 2.05) is 49.4 Å². The van der Waals surface area contributed by atoms with Gasteiger partial charge in [-0.05, 0) is 36.8 Å². The Morgan fingerprint density at radius 2 is 1.73 bits per heavy atom. The van der Waals surface area contributed by atoms with Gasteiger partial charge in [-0.25, -0.2) is 9.97 Å². The zero-order valence-corrected chi connectivity index (χ0v) is 17.6. The van der Waals surface area contributed by atoms with Crippen molar-refractivity contribution >= 4 is 23.4 Å². The van der Waals surface area contributed by atoms with Crippen LogP contribution in [0.4, 0.5) is 11.6 Å². The van der Waals surface area contributed by atoms with E-state index in [-0.39, 0.29) is 10.6 Å². The molecular formula is C22H23N5O2S. The molecule has 0 radical (unpaired) electrons. The summed E-state index contributed by atoms with van der Waals surface area (Å²) in [6, 6.07) is 15.4. The average Bonchev–Trinajstić information content (AvgIpc) is 2.77. The summed E-state index contributed by atoms with van der Waals surface area (Å²) in [6.45, 7) is 6.14. The summed E-state index contributed by atoms with van der Waals surface area (Å²) >= 11 is 1.43. The number of benzene rings is 2. The van der Waals surface area contributed by atoms with Crippen LogP contribution in [0.1, 0.15) is 11.1 Å². The first kappa shape index (κ1) is 20.3. The molecular weight excluding hydrogens is 398 g/mol. The van der Waals surface area contributed by atoms with Gasteiger partial charge < -0.3 is 4.90 Å². The van der Waals surface area contributed by atoms with Gasteiger partial charge in [0.2, 0.25) is 5.95 Å². The number of nitro groups is 1. The zero-order chi connectivity index (χ0) is 20.9. The molecule has 1 aromatic heterocycles. The van der Waals surface area contributed by atoms with E-state index in [9.17, 15) is 10.1 Å². The van der Waals surface area contributed by atoms with Crippen LogP contribution in [-0.2, 0) is 6.54 Å². The normalized spacial score (nSPS) is 14.6. The van der Waals surface area contributed by atoms with Gasteiger partial charge in [-0.2, -0.15) is 0 Å². The van der Waals surface area contributed by atoms with Crippen molar-refractivity contribution in [1.29, 1.82) is 0 Å². The van der Waals surface area contributed by atoms with Crippen LogP contribution in [0.5, 0.6) is 0 Å². The lowest BCUT2D eigenvalue weighted by atomic mass is 10.1. The highest BCUT2D eigenvalue weighted by atomic mass is 32.2. The second-order valence-electron chi connectivity index (χ2n) is 7.29. The Balaban J connectivity index is 1.42. The highest BCUT2D eigenvalue weighted by Gasteiger charge is 2.21. The highest BCUT2D eigenvalue weighted by molar-refractivity contribution is 7.99. The second-order valence-corrected chi connectivity index (χ2v) is 8.40. The van der Waals surface area contributed by atoms with Crippen LogP contribution >= 0.6 is 11.8 Å². The van der Waals surface area contributed by atoms with Gasteiger partial charge in [-0.1, -0.05) is 35.5 Å². The predicted octanol–water partition coefficient (Wildman–Crippen LogP) is 4.17. The molecule has 0 atom stereocenters. The number of nitro benzene ring substituents is 1. The molecule has 0 spiro atoms. The van der Waals surface area contributed by atoms with Crippen molar-refractivity contribution in [2.45, 2.75) is 23.3 Å². The third-order valence-electron chi connectivity index (χ3n) is 5.08. The number of piperazine rings is 1. The lowest BCUT2D eigenvalue weighted by Crippen LogP contribution is -2.46. The molecule has 2 aromatic carbocycles. The molecule has 4 rings (SSSR count). The number of nitrogens with zero attached hydrogens (tertiary/aromatic N) is 5. The number of hydrogen-bond donors (Lipinski definition) is 0. The number of rotatable bonds is 6. The van der Waals surface area contributed by atoms with E-state index in [2.05, 4.69) is 19.8 Å². The minimum absolute atomic E-state index is 0.161. The Bertz CT molecular complexity index is 1010. The maximum atomic E-state index is 11.7. The van der Waals surface area contributed by atoms with Crippen molar-refractivity contribution in [3.8, 4) is 0 Å². The van der Waals surface area contributed by atoms with Crippen molar-refractivity contribution in [3.63, 3.8) is 0 Å². The van der Waals surface area contributed by atoms with Gasteiger partial charge in [0.05, 0.1) is 9.82 Å². The van der Waals surface area contributed by atoms with Crippen molar-refractivity contribution in [2.24, 2.45) is 0 Å². The van der Waals surface area contributed by atoms with Crippen LogP contribution in [0, 0.1) is 17.0 Å². The maximum Gasteiger partial charge on any atom is 0.283 e. The molecule has 1 aliphatic heterocycles. The molecule has 1 aliphatic rings. The molecule has 0 bridgehead atoms. The van der Waals surface area contributed by atoms with Crippen molar-refractivity contribution in [2.75, 3.05) is 31.1 Å². The van der Waals surface area contributed by atoms with Gasteiger partial charge in [0.1, 0.15) is 0 Å². The van der Waals surface area contributed by atoms with Crippen LogP contribution in [0.25, 0.3) is 0 Å². The summed E-state index contributed by atoms with van der Waals surface area (Å²) in [5.41, 5.74) is 2.29. The highest BCUT2D eigenvalue weighted by Crippen LogP contribution is 2.35. The molecule has 0 aliphatic carbocycles. The SMILES string of the molecule is Cc1ccc(Sc2ccc(CN3CCN(c4ncccn4)CC3)cc2[N+](=O)[O-])cc1. The largest absolute Gasteiger partial charge is 0.338 e. The molecule has 0 N–H and O–H groups in total. The summed E-state index contributed by atoms with van der Waals surface area (Å²) in [4.78, 5) is 26.1. The number of aromatic nitrogens is 2. The molecule has 1 fully saturated rings. The molecule has 1 saturated heterocycles. The Labute approximate surface area is 179 Å². The van der Waals surface area contributed by atoms with Gasteiger partial charge in [0.15, 0.2) is 0 Å². The molecule has 3 aromatic rings. The molecule has 2 heterocycles. The lowest BCUT2D eigenvalue weighted by Gasteiger charge is -2.34. The minimum atomic E-state index is -0.287. The first-order chi connectivity index (χ1) is 14.6. The van der Waals surface area contributed by atoms with E-state index in [1.54, 1.807) is 18.5 Å². The van der Waals surface area contributed by atoms with Crippen LogP contribution in [-0.4, -0.2) is 46.0 Å². The molecule has 0 amide bonds. The summed E-state index contributed by atoms with van der Waals surface area (Å²) in [7, 11) is 0. The van der Waals surface area contributed by atoms with Gasteiger partial charge in [0, 0.05) is 56.1 Å². The van der Waals surface area contributed by atoms with Gasteiger partial charge in [0.25, 0.3) is 5.69 Å².